The molecule has 2 heterocycles. The summed E-state index contributed by atoms with van der Waals surface area (Å²) >= 11 is 0. The standard InChI is InChI=1S/C14H27N3O.2ClH/c1-12(2)16(3)10-13(18)17-8-5-14(6-9-17)4-7-15-11-14;;/h12,15H,4-11H2,1-3H3;2*1H. The third-order valence-electron chi connectivity index (χ3n) is 4.78. The molecule has 1 spiro atoms. The Balaban J connectivity index is 0.00000180. The predicted molar refractivity (Wildman–Crippen MR) is 88.0 cm³/mol. The molecule has 0 unspecified atom stereocenters. The lowest BCUT2D eigenvalue weighted by molar-refractivity contribution is -0.134. The number of hydrogen-bond donors (Lipinski definition) is 1. The van der Waals surface area contributed by atoms with Crippen molar-refractivity contribution in [3.05, 3.63) is 0 Å². The van der Waals surface area contributed by atoms with Crippen molar-refractivity contribution >= 4 is 30.7 Å². The van der Waals surface area contributed by atoms with E-state index in [1.807, 2.05) is 7.05 Å². The van der Waals surface area contributed by atoms with Gasteiger partial charge in [0, 0.05) is 25.7 Å². The van der Waals surface area contributed by atoms with Gasteiger partial charge in [0.1, 0.15) is 0 Å². The highest BCUT2D eigenvalue weighted by Gasteiger charge is 2.38. The van der Waals surface area contributed by atoms with Crippen molar-refractivity contribution in [2.75, 3.05) is 39.8 Å². The molecule has 2 aliphatic rings. The number of nitrogens with one attached hydrogen (secondary N) is 1. The first-order valence-corrected chi connectivity index (χ1v) is 7.21. The summed E-state index contributed by atoms with van der Waals surface area (Å²) in [6.45, 7) is 9.03. The zero-order chi connectivity index (χ0) is 13.2. The molecule has 20 heavy (non-hydrogen) atoms. The molecule has 0 aromatic carbocycles. The van der Waals surface area contributed by atoms with E-state index < -0.39 is 0 Å². The molecule has 6 heteroatoms. The molecular weight excluding hydrogens is 297 g/mol. The number of likely N-dealkylation sites (tertiary alicyclic amines) is 1. The van der Waals surface area contributed by atoms with Gasteiger partial charge in [0.15, 0.2) is 0 Å². The molecule has 2 rings (SSSR count). The number of nitrogens with zero attached hydrogens (tertiary/aromatic N) is 2. The number of piperidine rings is 1. The van der Waals surface area contributed by atoms with Crippen LogP contribution < -0.4 is 5.32 Å². The normalized spacial score (nSPS) is 20.9. The van der Waals surface area contributed by atoms with Crippen LogP contribution in [-0.2, 0) is 4.79 Å². The molecule has 2 fully saturated rings. The van der Waals surface area contributed by atoms with Crippen molar-refractivity contribution in [3.63, 3.8) is 0 Å². The third kappa shape index (κ3) is 4.76. The van der Waals surface area contributed by atoms with Gasteiger partial charge in [-0.3, -0.25) is 9.69 Å². The Kier molecular flexibility index (Phi) is 8.41. The van der Waals surface area contributed by atoms with E-state index in [2.05, 4.69) is 29.0 Å². The van der Waals surface area contributed by atoms with E-state index in [9.17, 15) is 4.79 Å². The lowest BCUT2D eigenvalue weighted by Crippen LogP contribution is -2.47. The van der Waals surface area contributed by atoms with Crippen LogP contribution in [0.5, 0.6) is 0 Å². The first kappa shape index (κ1) is 20.0. The summed E-state index contributed by atoms with van der Waals surface area (Å²) in [6, 6.07) is 0.434. The summed E-state index contributed by atoms with van der Waals surface area (Å²) < 4.78 is 0. The van der Waals surface area contributed by atoms with E-state index in [-0.39, 0.29) is 24.8 Å². The van der Waals surface area contributed by atoms with Crippen LogP contribution in [0.25, 0.3) is 0 Å². The van der Waals surface area contributed by atoms with E-state index in [0.29, 0.717) is 23.9 Å². The maximum atomic E-state index is 12.2. The van der Waals surface area contributed by atoms with Crippen LogP contribution in [0.3, 0.4) is 0 Å². The molecule has 120 valence electrons. The molecule has 0 bridgehead atoms. The Bertz CT molecular complexity index is 297. The maximum Gasteiger partial charge on any atom is 0.236 e. The fraction of sp³-hybridized carbons (Fsp3) is 0.929. The van der Waals surface area contributed by atoms with Crippen molar-refractivity contribution in [1.29, 1.82) is 0 Å². The Morgan fingerprint density at radius 2 is 1.85 bits per heavy atom. The summed E-state index contributed by atoms with van der Waals surface area (Å²) in [4.78, 5) is 16.4. The van der Waals surface area contributed by atoms with Crippen LogP contribution in [0.4, 0.5) is 0 Å². The molecule has 0 saturated carbocycles. The SMILES string of the molecule is CC(C)N(C)CC(=O)N1CCC2(CCNC2)CC1.Cl.Cl. The van der Waals surface area contributed by atoms with Gasteiger partial charge < -0.3 is 10.2 Å². The van der Waals surface area contributed by atoms with Gasteiger partial charge in [0.25, 0.3) is 0 Å². The monoisotopic (exact) mass is 325 g/mol. The second-order valence-electron chi connectivity index (χ2n) is 6.32. The molecule has 1 amide bonds. The van der Waals surface area contributed by atoms with Gasteiger partial charge in [-0.2, -0.15) is 0 Å². The number of rotatable bonds is 3. The Labute approximate surface area is 135 Å². The van der Waals surface area contributed by atoms with Crippen LogP contribution in [0.2, 0.25) is 0 Å². The van der Waals surface area contributed by atoms with Gasteiger partial charge in [-0.1, -0.05) is 0 Å². The van der Waals surface area contributed by atoms with Crippen LogP contribution in [0, 0.1) is 5.41 Å². The lowest BCUT2D eigenvalue weighted by atomic mass is 9.78. The zero-order valence-corrected chi connectivity index (χ0v) is 14.5. The highest BCUT2D eigenvalue weighted by molar-refractivity contribution is 5.85. The van der Waals surface area contributed by atoms with Crippen molar-refractivity contribution in [2.45, 2.75) is 39.2 Å². The average Bonchev–Trinajstić information content (AvgIpc) is 2.78. The van der Waals surface area contributed by atoms with Gasteiger partial charge >= 0.3 is 0 Å². The zero-order valence-electron chi connectivity index (χ0n) is 12.9. The fourth-order valence-corrected chi connectivity index (χ4v) is 2.95. The topological polar surface area (TPSA) is 35.6 Å². The summed E-state index contributed by atoms with van der Waals surface area (Å²) in [6.07, 6.45) is 3.65. The Morgan fingerprint density at radius 3 is 2.30 bits per heavy atom. The molecule has 0 aromatic heterocycles. The summed E-state index contributed by atoms with van der Waals surface area (Å²) in [7, 11) is 2.02. The van der Waals surface area contributed by atoms with Crippen LogP contribution in [0.15, 0.2) is 0 Å². The minimum Gasteiger partial charge on any atom is -0.342 e. The van der Waals surface area contributed by atoms with Gasteiger partial charge in [0.2, 0.25) is 5.91 Å². The van der Waals surface area contributed by atoms with Gasteiger partial charge in [-0.05, 0) is 52.1 Å². The second-order valence-corrected chi connectivity index (χ2v) is 6.32. The van der Waals surface area contributed by atoms with Crippen LogP contribution in [-0.4, -0.2) is 61.5 Å². The number of hydrogen-bond acceptors (Lipinski definition) is 3. The minimum absolute atomic E-state index is 0. The predicted octanol–water partition coefficient (Wildman–Crippen LogP) is 1.77. The van der Waals surface area contributed by atoms with Crippen molar-refractivity contribution in [1.82, 2.24) is 15.1 Å². The third-order valence-corrected chi connectivity index (χ3v) is 4.78. The molecule has 1 N–H and O–H groups in total. The number of carbonyl (C=O) groups is 1. The van der Waals surface area contributed by atoms with E-state index in [1.54, 1.807) is 0 Å². The van der Waals surface area contributed by atoms with E-state index in [1.165, 1.54) is 19.3 Å². The fourth-order valence-electron chi connectivity index (χ4n) is 2.95. The van der Waals surface area contributed by atoms with E-state index in [4.69, 9.17) is 0 Å². The van der Waals surface area contributed by atoms with Gasteiger partial charge in [0.05, 0.1) is 6.54 Å². The van der Waals surface area contributed by atoms with Crippen molar-refractivity contribution in [2.24, 2.45) is 5.41 Å². The molecule has 0 radical (unpaired) electrons. The summed E-state index contributed by atoms with van der Waals surface area (Å²) in [5.41, 5.74) is 0.501. The first-order valence-electron chi connectivity index (χ1n) is 7.21. The first-order chi connectivity index (χ1) is 8.52. The number of halogens is 2. The van der Waals surface area contributed by atoms with Crippen molar-refractivity contribution in [3.8, 4) is 0 Å². The molecular formula is C14H29Cl2N3O. The molecule has 0 aliphatic carbocycles. The van der Waals surface area contributed by atoms with Crippen LogP contribution in [0.1, 0.15) is 33.1 Å². The molecule has 2 aliphatic heterocycles. The summed E-state index contributed by atoms with van der Waals surface area (Å²) in [5.74, 6) is 0.298. The highest BCUT2D eigenvalue weighted by atomic mass is 35.5. The number of likely N-dealkylation sites (N-methyl/N-ethyl adjacent to an activating group) is 1. The smallest absolute Gasteiger partial charge is 0.236 e. The minimum atomic E-state index is 0. The quantitative estimate of drug-likeness (QED) is 0.859. The molecule has 0 aromatic rings. The van der Waals surface area contributed by atoms with Gasteiger partial charge in [-0.15, -0.1) is 24.8 Å². The highest BCUT2D eigenvalue weighted by Crippen LogP contribution is 2.36. The van der Waals surface area contributed by atoms with Gasteiger partial charge in [-0.25, -0.2) is 0 Å². The Morgan fingerprint density at radius 1 is 1.25 bits per heavy atom. The van der Waals surface area contributed by atoms with E-state index >= 15 is 0 Å². The Hall–Kier alpha value is -0.0300. The van der Waals surface area contributed by atoms with Crippen molar-refractivity contribution < 1.29 is 4.79 Å². The molecule has 2 saturated heterocycles. The molecule has 4 nitrogen and oxygen atoms in total. The lowest BCUT2D eigenvalue weighted by Gasteiger charge is -2.39. The van der Waals surface area contributed by atoms with E-state index in [0.717, 1.165) is 26.2 Å². The average molecular weight is 326 g/mol. The summed E-state index contributed by atoms with van der Waals surface area (Å²) in [5, 5.41) is 3.46. The number of carbonyl (C=O) groups excluding carboxylic acids is 1. The molecule has 0 atom stereocenters. The second kappa shape index (κ2) is 8.42. The maximum absolute atomic E-state index is 12.2. The van der Waals surface area contributed by atoms with Crippen LogP contribution >= 0.6 is 24.8 Å². The number of amides is 1. The largest absolute Gasteiger partial charge is 0.342 e.